The number of nitrogens with zero attached hydrogens (tertiary/aromatic N) is 2. The molecular formula is C23H27N3O2. The number of anilines is 1. The minimum absolute atomic E-state index is 0.0667. The van der Waals surface area contributed by atoms with Crippen molar-refractivity contribution in [3.8, 4) is 11.4 Å². The van der Waals surface area contributed by atoms with Gasteiger partial charge in [0.05, 0.1) is 0 Å². The monoisotopic (exact) mass is 377 g/mol. The van der Waals surface area contributed by atoms with E-state index in [1.807, 2.05) is 44.2 Å². The molecule has 5 heteroatoms. The molecular weight excluding hydrogens is 350 g/mol. The summed E-state index contributed by atoms with van der Waals surface area (Å²) in [5.74, 6) is 0.944. The van der Waals surface area contributed by atoms with Gasteiger partial charge in [0.25, 0.3) is 0 Å². The molecule has 0 unspecified atom stereocenters. The summed E-state index contributed by atoms with van der Waals surface area (Å²) < 4.78 is 5.32. The third kappa shape index (κ3) is 4.66. The molecule has 3 aromatic rings. The number of benzene rings is 2. The number of hydrogen-bond donors (Lipinski definition) is 1. The molecule has 0 aliphatic rings. The van der Waals surface area contributed by atoms with Crippen LogP contribution in [-0.2, 0) is 16.6 Å². The maximum absolute atomic E-state index is 12.3. The fourth-order valence-electron chi connectivity index (χ4n) is 2.91. The number of nitrogens with one attached hydrogen (secondary N) is 1. The molecule has 0 bridgehead atoms. The Morgan fingerprint density at radius 2 is 1.79 bits per heavy atom. The standard InChI is InChI=1S/C23H27N3O2/c1-15-7-6-8-19(16(15)2)24-20(27)13-14-21-25-22(26-28-21)17-9-11-18(12-10-17)23(3,4)5/h6-12H,13-14H2,1-5H3,(H,24,27). The first kappa shape index (κ1) is 19.8. The molecule has 2 aromatic carbocycles. The third-order valence-corrected chi connectivity index (χ3v) is 4.92. The molecule has 0 aliphatic heterocycles. The Balaban J connectivity index is 1.60. The van der Waals surface area contributed by atoms with Crippen LogP contribution in [0.2, 0.25) is 0 Å². The largest absolute Gasteiger partial charge is 0.339 e. The molecule has 3 rings (SSSR count). The van der Waals surface area contributed by atoms with Gasteiger partial charge in [-0.3, -0.25) is 4.79 Å². The molecule has 1 amide bonds. The fraction of sp³-hybridized carbons (Fsp3) is 0.348. The van der Waals surface area contributed by atoms with E-state index in [2.05, 4.69) is 48.4 Å². The summed E-state index contributed by atoms with van der Waals surface area (Å²) in [6.45, 7) is 10.6. The third-order valence-electron chi connectivity index (χ3n) is 4.92. The normalized spacial score (nSPS) is 11.5. The van der Waals surface area contributed by atoms with Gasteiger partial charge in [-0.05, 0) is 42.0 Å². The first-order valence-electron chi connectivity index (χ1n) is 9.53. The van der Waals surface area contributed by atoms with Crippen molar-refractivity contribution in [2.45, 2.75) is 52.9 Å². The second-order valence-electron chi connectivity index (χ2n) is 8.13. The van der Waals surface area contributed by atoms with E-state index in [1.54, 1.807) is 0 Å². The highest BCUT2D eigenvalue weighted by Crippen LogP contribution is 2.25. The molecule has 5 nitrogen and oxygen atoms in total. The smallest absolute Gasteiger partial charge is 0.227 e. The van der Waals surface area contributed by atoms with Crippen LogP contribution in [0.3, 0.4) is 0 Å². The van der Waals surface area contributed by atoms with Gasteiger partial charge in [0.1, 0.15) is 0 Å². The molecule has 0 spiro atoms. The van der Waals surface area contributed by atoms with Crippen molar-refractivity contribution >= 4 is 11.6 Å². The summed E-state index contributed by atoms with van der Waals surface area (Å²) in [5, 5.41) is 7.00. The van der Waals surface area contributed by atoms with Crippen molar-refractivity contribution in [1.29, 1.82) is 0 Å². The number of aromatic nitrogens is 2. The van der Waals surface area contributed by atoms with Gasteiger partial charge in [-0.1, -0.05) is 62.3 Å². The van der Waals surface area contributed by atoms with Gasteiger partial charge in [-0.15, -0.1) is 0 Å². The first-order chi connectivity index (χ1) is 13.2. The Morgan fingerprint density at radius 3 is 2.46 bits per heavy atom. The van der Waals surface area contributed by atoms with Crippen molar-refractivity contribution < 1.29 is 9.32 Å². The summed E-state index contributed by atoms with van der Waals surface area (Å²) >= 11 is 0. The SMILES string of the molecule is Cc1cccc(NC(=O)CCc2nc(-c3ccc(C(C)(C)C)cc3)no2)c1C. The van der Waals surface area contributed by atoms with E-state index in [4.69, 9.17) is 4.52 Å². The van der Waals surface area contributed by atoms with Gasteiger partial charge in [-0.2, -0.15) is 4.98 Å². The Labute approximate surface area is 166 Å². The Kier molecular flexibility index (Phi) is 5.63. The summed E-state index contributed by atoms with van der Waals surface area (Å²) in [6, 6.07) is 14.1. The van der Waals surface area contributed by atoms with Crippen LogP contribution in [0.1, 0.15) is 49.8 Å². The zero-order valence-electron chi connectivity index (χ0n) is 17.2. The van der Waals surface area contributed by atoms with Crippen LogP contribution in [-0.4, -0.2) is 16.0 Å². The molecule has 1 heterocycles. The molecule has 0 atom stereocenters. The Bertz CT molecular complexity index is 966. The van der Waals surface area contributed by atoms with E-state index in [0.29, 0.717) is 18.1 Å². The number of amides is 1. The Hall–Kier alpha value is -2.95. The zero-order valence-corrected chi connectivity index (χ0v) is 17.2. The van der Waals surface area contributed by atoms with Gasteiger partial charge in [0.2, 0.25) is 17.6 Å². The zero-order chi connectivity index (χ0) is 20.3. The molecule has 28 heavy (non-hydrogen) atoms. The second kappa shape index (κ2) is 7.97. The van der Waals surface area contributed by atoms with Crippen LogP contribution in [0.15, 0.2) is 47.0 Å². The average Bonchev–Trinajstić information content (AvgIpc) is 3.12. The number of rotatable bonds is 5. The van der Waals surface area contributed by atoms with Gasteiger partial charge >= 0.3 is 0 Å². The van der Waals surface area contributed by atoms with Crippen LogP contribution in [0.4, 0.5) is 5.69 Å². The number of carbonyl (C=O) groups is 1. The summed E-state index contributed by atoms with van der Waals surface area (Å²) in [5.41, 5.74) is 5.33. The lowest BCUT2D eigenvalue weighted by Gasteiger charge is -2.18. The molecule has 0 saturated heterocycles. The predicted molar refractivity (Wildman–Crippen MR) is 111 cm³/mol. The van der Waals surface area contributed by atoms with Crippen molar-refractivity contribution in [3.05, 3.63) is 65.0 Å². The highest BCUT2D eigenvalue weighted by atomic mass is 16.5. The van der Waals surface area contributed by atoms with Crippen LogP contribution in [0.25, 0.3) is 11.4 Å². The Morgan fingerprint density at radius 1 is 1.07 bits per heavy atom. The fourth-order valence-corrected chi connectivity index (χ4v) is 2.91. The number of carbonyl (C=O) groups excluding carboxylic acids is 1. The van der Waals surface area contributed by atoms with Gasteiger partial charge in [0, 0.05) is 24.1 Å². The van der Waals surface area contributed by atoms with Crippen LogP contribution in [0.5, 0.6) is 0 Å². The first-order valence-corrected chi connectivity index (χ1v) is 9.53. The second-order valence-corrected chi connectivity index (χ2v) is 8.13. The molecule has 146 valence electrons. The van der Waals surface area contributed by atoms with Gasteiger partial charge in [-0.25, -0.2) is 0 Å². The lowest BCUT2D eigenvalue weighted by Crippen LogP contribution is -2.13. The van der Waals surface area contributed by atoms with Crippen molar-refractivity contribution in [3.63, 3.8) is 0 Å². The summed E-state index contributed by atoms with van der Waals surface area (Å²) in [6.07, 6.45) is 0.696. The van der Waals surface area contributed by atoms with Gasteiger partial charge in [0.15, 0.2) is 0 Å². The molecule has 0 saturated carbocycles. The average molecular weight is 377 g/mol. The maximum atomic E-state index is 12.3. The van der Waals surface area contributed by atoms with E-state index >= 15 is 0 Å². The molecule has 0 aliphatic carbocycles. The lowest BCUT2D eigenvalue weighted by molar-refractivity contribution is -0.116. The molecule has 0 fully saturated rings. The minimum Gasteiger partial charge on any atom is -0.339 e. The minimum atomic E-state index is -0.0667. The summed E-state index contributed by atoms with van der Waals surface area (Å²) in [4.78, 5) is 16.7. The molecule has 1 N–H and O–H groups in total. The summed E-state index contributed by atoms with van der Waals surface area (Å²) in [7, 11) is 0. The highest BCUT2D eigenvalue weighted by Gasteiger charge is 2.15. The van der Waals surface area contributed by atoms with E-state index in [-0.39, 0.29) is 17.7 Å². The molecule has 0 radical (unpaired) electrons. The van der Waals surface area contributed by atoms with E-state index in [9.17, 15) is 4.79 Å². The predicted octanol–water partition coefficient (Wildman–Crippen LogP) is 5.22. The molecule has 1 aromatic heterocycles. The van der Waals surface area contributed by atoms with Crippen molar-refractivity contribution in [2.75, 3.05) is 5.32 Å². The van der Waals surface area contributed by atoms with Crippen LogP contribution in [0, 0.1) is 13.8 Å². The van der Waals surface area contributed by atoms with E-state index in [1.165, 1.54) is 5.56 Å². The lowest BCUT2D eigenvalue weighted by atomic mass is 9.87. The quantitative estimate of drug-likeness (QED) is 0.662. The van der Waals surface area contributed by atoms with E-state index < -0.39 is 0 Å². The maximum Gasteiger partial charge on any atom is 0.227 e. The van der Waals surface area contributed by atoms with Gasteiger partial charge < -0.3 is 9.84 Å². The van der Waals surface area contributed by atoms with Crippen molar-refractivity contribution in [1.82, 2.24) is 10.1 Å². The van der Waals surface area contributed by atoms with E-state index in [0.717, 1.165) is 22.4 Å². The van der Waals surface area contributed by atoms with Crippen molar-refractivity contribution in [2.24, 2.45) is 0 Å². The number of hydrogen-bond acceptors (Lipinski definition) is 4. The van der Waals surface area contributed by atoms with Crippen LogP contribution >= 0.6 is 0 Å². The highest BCUT2D eigenvalue weighted by molar-refractivity contribution is 5.91. The topological polar surface area (TPSA) is 68.0 Å². The number of aryl methyl sites for hydroxylation is 2. The van der Waals surface area contributed by atoms with Crippen LogP contribution < -0.4 is 5.32 Å².